The fourth-order valence-corrected chi connectivity index (χ4v) is 3.69. The smallest absolute Gasteiger partial charge is 0.308 e. The maximum absolute atomic E-state index is 13.1. The Balaban J connectivity index is 1.71. The van der Waals surface area contributed by atoms with Gasteiger partial charge in [-0.25, -0.2) is 4.98 Å². The molecule has 1 aromatic heterocycles. The lowest BCUT2D eigenvalue weighted by atomic mass is 9.59. The average molecular weight is 393 g/mol. The van der Waals surface area contributed by atoms with Crippen LogP contribution in [0.4, 0.5) is 0 Å². The van der Waals surface area contributed by atoms with Crippen molar-refractivity contribution in [2.24, 2.45) is 11.8 Å². The van der Waals surface area contributed by atoms with Crippen molar-refractivity contribution in [1.82, 2.24) is 15.3 Å². The summed E-state index contributed by atoms with van der Waals surface area (Å²) in [6, 6.07) is 9.67. The lowest BCUT2D eigenvalue weighted by Crippen LogP contribution is -2.49. The van der Waals surface area contributed by atoms with E-state index in [-0.39, 0.29) is 29.7 Å². The Morgan fingerprint density at radius 1 is 1.24 bits per heavy atom. The Morgan fingerprint density at radius 2 is 2.00 bits per heavy atom. The van der Waals surface area contributed by atoms with Crippen LogP contribution in [0.3, 0.4) is 0 Å². The highest BCUT2D eigenvalue weighted by molar-refractivity contribution is 6.51. The number of aromatic nitrogens is 2. The van der Waals surface area contributed by atoms with Crippen molar-refractivity contribution in [3.8, 4) is 0 Å². The van der Waals surface area contributed by atoms with Crippen LogP contribution in [-0.2, 0) is 11.2 Å². The third kappa shape index (κ3) is 6.22. The quantitative estimate of drug-likeness (QED) is 0.478. The van der Waals surface area contributed by atoms with Gasteiger partial charge in [0, 0.05) is 30.7 Å². The Kier molecular flexibility index (Phi) is 7.52. The number of nitrogens with zero attached hydrogens (tertiary/aromatic N) is 2. The monoisotopic (exact) mass is 393 g/mol. The standard InChI is InChI=1S/C22H28BN3O3/c1-23(29)21(13-17-8-5-9-17)26-22(28)18(12-16-6-3-2-4-7-16)14-20(27)19-15-24-10-11-25-19/h2-4,6-7,10-11,15,17-18,21,29H,5,8-9,12-14H2,1H3,(H,26,28)/t18-,21+/m1/s1. The molecule has 1 aromatic carbocycles. The molecule has 2 N–H and O–H groups in total. The van der Waals surface area contributed by atoms with Crippen molar-refractivity contribution in [2.45, 2.75) is 51.3 Å². The maximum atomic E-state index is 13.1. The van der Waals surface area contributed by atoms with Crippen molar-refractivity contribution >= 4 is 18.6 Å². The number of Topliss-reactive ketones (excluding diaryl/α,β-unsaturated/α-hetero) is 1. The molecule has 0 spiro atoms. The topological polar surface area (TPSA) is 92.2 Å². The van der Waals surface area contributed by atoms with Crippen LogP contribution in [-0.4, -0.2) is 39.5 Å². The fraction of sp³-hybridized carbons (Fsp3) is 0.455. The van der Waals surface area contributed by atoms with E-state index in [0.29, 0.717) is 12.3 Å². The van der Waals surface area contributed by atoms with E-state index in [1.165, 1.54) is 25.0 Å². The molecule has 1 amide bonds. The summed E-state index contributed by atoms with van der Waals surface area (Å²) < 4.78 is 0. The van der Waals surface area contributed by atoms with E-state index >= 15 is 0 Å². The van der Waals surface area contributed by atoms with Crippen molar-refractivity contribution in [2.75, 3.05) is 0 Å². The fourth-order valence-electron chi connectivity index (χ4n) is 3.69. The molecule has 0 unspecified atom stereocenters. The molecule has 6 nitrogen and oxygen atoms in total. The third-order valence-electron chi connectivity index (χ3n) is 5.70. The van der Waals surface area contributed by atoms with E-state index in [9.17, 15) is 14.6 Å². The minimum absolute atomic E-state index is 0.0510. The molecular weight excluding hydrogens is 365 g/mol. The third-order valence-corrected chi connectivity index (χ3v) is 5.70. The van der Waals surface area contributed by atoms with Crippen molar-refractivity contribution < 1.29 is 14.6 Å². The van der Waals surface area contributed by atoms with E-state index in [2.05, 4.69) is 15.3 Å². The van der Waals surface area contributed by atoms with Gasteiger partial charge in [0.25, 0.3) is 0 Å². The minimum Gasteiger partial charge on any atom is -0.449 e. The highest BCUT2D eigenvalue weighted by Crippen LogP contribution is 2.31. The number of hydrogen-bond donors (Lipinski definition) is 2. The summed E-state index contributed by atoms with van der Waals surface area (Å²) in [6.07, 6.45) is 9.21. The molecule has 7 heteroatoms. The zero-order chi connectivity index (χ0) is 20.6. The second-order valence-corrected chi connectivity index (χ2v) is 7.99. The average Bonchev–Trinajstić information content (AvgIpc) is 2.70. The van der Waals surface area contributed by atoms with Gasteiger partial charge in [-0.15, -0.1) is 0 Å². The minimum atomic E-state index is -0.632. The van der Waals surface area contributed by atoms with Gasteiger partial charge in [-0.05, 0) is 24.3 Å². The maximum Gasteiger partial charge on any atom is 0.308 e. The van der Waals surface area contributed by atoms with E-state index in [1.807, 2.05) is 30.3 Å². The Morgan fingerprint density at radius 3 is 2.59 bits per heavy atom. The van der Waals surface area contributed by atoms with Gasteiger partial charge in [0.1, 0.15) is 5.69 Å². The van der Waals surface area contributed by atoms with E-state index < -0.39 is 12.8 Å². The lowest BCUT2D eigenvalue weighted by molar-refractivity contribution is -0.125. The molecule has 0 saturated heterocycles. The number of amides is 1. The number of nitrogens with one attached hydrogen (secondary N) is 1. The highest BCUT2D eigenvalue weighted by atomic mass is 16.2. The summed E-state index contributed by atoms with van der Waals surface area (Å²) in [5, 5.41) is 13.2. The van der Waals surface area contributed by atoms with E-state index in [4.69, 9.17) is 0 Å². The van der Waals surface area contributed by atoms with Crippen LogP contribution in [0.25, 0.3) is 0 Å². The number of benzene rings is 1. The normalized spacial score (nSPS) is 15.8. The zero-order valence-corrected chi connectivity index (χ0v) is 16.8. The molecule has 2 aromatic rings. The van der Waals surface area contributed by atoms with Crippen LogP contribution in [0.2, 0.25) is 6.82 Å². The first-order valence-corrected chi connectivity index (χ1v) is 10.3. The Bertz CT molecular complexity index is 797. The summed E-state index contributed by atoms with van der Waals surface area (Å²) in [7, 11) is 0. The Hall–Kier alpha value is -2.54. The summed E-state index contributed by atoms with van der Waals surface area (Å²) >= 11 is 0. The van der Waals surface area contributed by atoms with Crippen molar-refractivity contribution in [3.05, 3.63) is 60.2 Å². The number of ketones is 1. The molecule has 0 bridgehead atoms. The van der Waals surface area contributed by atoms with Crippen LogP contribution >= 0.6 is 0 Å². The van der Waals surface area contributed by atoms with E-state index in [1.54, 1.807) is 6.82 Å². The summed E-state index contributed by atoms with van der Waals surface area (Å²) in [6.45, 7) is 1.08. The van der Waals surface area contributed by atoms with Gasteiger partial charge in [-0.1, -0.05) is 56.4 Å². The van der Waals surface area contributed by atoms with Crippen LogP contribution in [0.1, 0.15) is 48.2 Å². The van der Waals surface area contributed by atoms with Gasteiger partial charge in [0.2, 0.25) is 5.91 Å². The van der Waals surface area contributed by atoms with Gasteiger partial charge in [0.15, 0.2) is 5.78 Å². The molecular formula is C22H28BN3O3. The molecule has 3 rings (SSSR count). The predicted octanol–water partition coefficient (Wildman–Crippen LogP) is 2.74. The predicted molar refractivity (Wildman–Crippen MR) is 112 cm³/mol. The van der Waals surface area contributed by atoms with Gasteiger partial charge >= 0.3 is 6.92 Å². The zero-order valence-electron chi connectivity index (χ0n) is 16.8. The molecule has 2 atom stereocenters. The van der Waals surface area contributed by atoms with Crippen LogP contribution in [0.15, 0.2) is 48.9 Å². The number of hydrogen-bond acceptors (Lipinski definition) is 5. The summed E-state index contributed by atoms with van der Waals surface area (Å²) in [5.74, 6) is -0.672. The number of carbonyl (C=O) groups is 2. The van der Waals surface area contributed by atoms with E-state index in [0.717, 1.165) is 24.8 Å². The molecule has 0 radical (unpaired) electrons. The molecule has 29 heavy (non-hydrogen) atoms. The lowest BCUT2D eigenvalue weighted by Gasteiger charge is -2.31. The summed E-state index contributed by atoms with van der Waals surface area (Å²) in [5.41, 5.74) is 1.26. The molecule has 1 saturated carbocycles. The number of carbonyl (C=O) groups excluding carboxylic acids is 2. The highest BCUT2D eigenvalue weighted by Gasteiger charge is 2.31. The molecule has 1 heterocycles. The molecule has 0 aliphatic heterocycles. The summed E-state index contributed by atoms with van der Waals surface area (Å²) in [4.78, 5) is 33.8. The van der Waals surface area contributed by atoms with Crippen LogP contribution in [0, 0.1) is 11.8 Å². The van der Waals surface area contributed by atoms with Gasteiger partial charge in [0.05, 0.1) is 6.20 Å². The number of rotatable bonds is 10. The molecule has 1 aliphatic carbocycles. The van der Waals surface area contributed by atoms with Gasteiger partial charge in [-0.3, -0.25) is 14.6 Å². The molecule has 1 fully saturated rings. The largest absolute Gasteiger partial charge is 0.449 e. The van der Waals surface area contributed by atoms with Crippen LogP contribution < -0.4 is 5.32 Å². The van der Waals surface area contributed by atoms with Crippen molar-refractivity contribution in [1.29, 1.82) is 0 Å². The molecule has 152 valence electrons. The second-order valence-electron chi connectivity index (χ2n) is 7.99. The first-order chi connectivity index (χ1) is 14.0. The van der Waals surface area contributed by atoms with Gasteiger partial charge in [-0.2, -0.15) is 0 Å². The van der Waals surface area contributed by atoms with Crippen molar-refractivity contribution in [3.63, 3.8) is 0 Å². The first-order valence-electron chi connectivity index (χ1n) is 10.3. The second kappa shape index (κ2) is 10.3. The molecule has 1 aliphatic rings. The first kappa shape index (κ1) is 21.2. The SMILES string of the molecule is CB(O)[C@H](CC1CCC1)NC(=O)[C@@H](CC(=O)c1cnccn1)Cc1ccccc1. The van der Waals surface area contributed by atoms with Gasteiger partial charge < -0.3 is 10.3 Å². The van der Waals surface area contributed by atoms with Crippen LogP contribution in [0.5, 0.6) is 0 Å². The Labute approximate surface area is 172 Å².